The van der Waals surface area contributed by atoms with Crippen LogP contribution in [0.1, 0.15) is 14.9 Å². The molecule has 2 unspecified atom stereocenters. The second kappa shape index (κ2) is 65.8. The molecule has 2 nitrogen and oxygen atoms in total. The molecule has 0 bridgehead atoms. The number of hydrogen-bond acceptors (Lipinski definition) is 1. The molecule has 0 rings (SSSR count). The molecule has 0 saturated carbocycles. The molecule has 0 heterocycles. The molecule has 0 radical (unpaired) electrons. The SMILES string of the molecule is C.C.N=PP.O.P. The van der Waals surface area contributed by atoms with Gasteiger partial charge in [0.25, 0.3) is 0 Å². The minimum Gasteiger partial charge on any atom is -0.412 e. The molecule has 0 aliphatic carbocycles. The van der Waals surface area contributed by atoms with Crippen molar-refractivity contribution in [3.63, 3.8) is 0 Å². The number of rotatable bonds is 0. The minimum absolute atomic E-state index is 0. The third-order valence-corrected chi connectivity index (χ3v) is 0. The van der Waals surface area contributed by atoms with E-state index in [0.717, 1.165) is 0 Å². The van der Waals surface area contributed by atoms with Gasteiger partial charge in [-0.15, -0.1) is 0 Å². The van der Waals surface area contributed by atoms with Crippen molar-refractivity contribution in [1.29, 1.82) is 5.16 Å². The molecule has 0 aromatic carbocycles. The number of nitrogens with one attached hydrogen (secondary N) is 1. The summed E-state index contributed by atoms with van der Waals surface area (Å²) in [6.45, 7) is 0. The molecule has 5 heteroatoms. The first-order chi connectivity index (χ1) is 1.41. The molecule has 0 aliphatic heterocycles. The Labute approximate surface area is 53.2 Å². The Morgan fingerprint density at radius 2 is 1.29 bits per heavy atom. The second-order valence-corrected chi connectivity index (χ2v) is 1.16. The van der Waals surface area contributed by atoms with E-state index in [1.807, 2.05) is 0 Å². The van der Waals surface area contributed by atoms with E-state index in [1.54, 1.807) is 0 Å². The summed E-state index contributed by atoms with van der Waals surface area (Å²) in [6, 6.07) is 0. The van der Waals surface area contributed by atoms with Crippen LogP contribution in [0.3, 0.4) is 0 Å². The standard InChI is InChI=1S/2CH4.H3NP2.H2O.H3P/c;;1-3-2;;/h2*1H4;1H,2H2;1H2;1H3. The van der Waals surface area contributed by atoms with E-state index in [9.17, 15) is 0 Å². The topological polar surface area (TPSA) is 55.4 Å². The van der Waals surface area contributed by atoms with Crippen molar-refractivity contribution in [1.82, 2.24) is 0 Å². The highest BCUT2D eigenvalue weighted by molar-refractivity contribution is 7.96. The van der Waals surface area contributed by atoms with Crippen LogP contribution in [0, 0.1) is 5.16 Å². The lowest BCUT2D eigenvalue weighted by Gasteiger charge is -1.29. The van der Waals surface area contributed by atoms with Crippen LogP contribution < -0.4 is 0 Å². The van der Waals surface area contributed by atoms with Crippen LogP contribution in [0.15, 0.2) is 0 Å². The third-order valence-electron chi connectivity index (χ3n) is 0. The highest BCUT2D eigenvalue weighted by Gasteiger charge is 1.17. The molecule has 0 fully saturated rings. The summed E-state index contributed by atoms with van der Waals surface area (Å²) in [7, 11) is 2.80. The Balaban J connectivity index is -0.00000000333. The van der Waals surface area contributed by atoms with E-state index >= 15 is 0 Å². The van der Waals surface area contributed by atoms with Crippen molar-refractivity contribution >= 4 is 26.9 Å². The van der Waals surface area contributed by atoms with Crippen molar-refractivity contribution in [3.8, 4) is 0 Å². The number of hydrogen-bond donors (Lipinski definition) is 1. The van der Waals surface area contributed by atoms with Crippen LogP contribution in [0.25, 0.3) is 0 Å². The van der Waals surface area contributed by atoms with Crippen LogP contribution in [-0.2, 0) is 0 Å². The Morgan fingerprint density at radius 1 is 1.29 bits per heavy atom. The van der Waals surface area contributed by atoms with Gasteiger partial charge in [-0.25, -0.2) is 0 Å². The largest absolute Gasteiger partial charge is 0.412 e. The first-order valence-corrected chi connectivity index (χ1v) is 2.99. The quantitative estimate of drug-likeness (QED) is 0.531. The Kier molecular flexibility index (Phi) is 418. The van der Waals surface area contributed by atoms with Crippen molar-refractivity contribution in [3.05, 3.63) is 0 Å². The maximum absolute atomic E-state index is 6.14. The monoisotopic (exact) mass is 163 g/mol. The lowest BCUT2D eigenvalue weighted by molar-refractivity contribution is 0.824. The maximum Gasteiger partial charge on any atom is 0.0190 e. The zero-order valence-electron chi connectivity index (χ0n) is 2.73. The van der Waals surface area contributed by atoms with Crippen molar-refractivity contribution in [2.24, 2.45) is 0 Å². The molecule has 50 valence electrons. The van der Waals surface area contributed by atoms with Gasteiger partial charge in [-0.1, -0.05) is 23.8 Å². The van der Waals surface area contributed by atoms with E-state index < -0.39 is 0 Å². The average Bonchev–Trinajstić information content (AvgIpc) is 0.918. The van der Waals surface area contributed by atoms with Gasteiger partial charge in [0.05, 0.1) is 0 Å². The molecule has 2 atom stereocenters. The maximum atomic E-state index is 6.14. The first kappa shape index (κ1) is 44.5. The van der Waals surface area contributed by atoms with Gasteiger partial charge >= 0.3 is 0 Å². The van der Waals surface area contributed by atoms with E-state index in [-0.39, 0.29) is 30.2 Å². The summed E-state index contributed by atoms with van der Waals surface area (Å²) in [5.41, 5.74) is 0. The van der Waals surface area contributed by atoms with E-state index in [2.05, 4.69) is 8.93 Å². The van der Waals surface area contributed by atoms with Crippen LogP contribution in [0.2, 0.25) is 0 Å². The van der Waals surface area contributed by atoms with E-state index in [1.165, 1.54) is 0 Å². The normalized spacial score (nSPS) is 3.00. The van der Waals surface area contributed by atoms with Crippen LogP contribution in [-0.4, -0.2) is 5.48 Å². The van der Waals surface area contributed by atoms with E-state index in [0.29, 0.717) is 8.06 Å². The van der Waals surface area contributed by atoms with Gasteiger partial charge in [-0.3, -0.25) is 5.16 Å². The fraction of sp³-hybridized carbons (Fsp3) is 1.00. The zero-order valence-corrected chi connectivity index (χ0v) is 6.20. The third kappa shape index (κ3) is 198. The molecular formula is C2H16NOP3. The highest BCUT2D eigenvalue weighted by atomic mass is 32.0. The van der Waals surface area contributed by atoms with Crippen molar-refractivity contribution in [2.75, 3.05) is 0 Å². The van der Waals surface area contributed by atoms with Crippen LogP contribution in [0.5, 0.6) is 0 Å². The van der Waals surface area contributed by atoms with Gasteiger partial charge in [-0.05, 0) is 0 Å². The summed E-state index contributed by atoms with van der Waals surface area (Å²) >= 11 is 0. The molecule has 0 spiro atoms. The minimum atomic E-state index is 0. The molecule has 3 N–H and O–H groups in total. The molecular weight excluding hydrogens is 147 g/mol. The lowest BCUT2D eigenvalue weighted by Crippen LogP contribution is -0.582. The predicted octanol–water partition coefficient (Wildman–Crippen LogP) is 1.99. The fourth-order valence-corrected chi connectivity index (χ4v) is 0. The fourth-order valence-electron chi connectivity index (χ4n) is 0. The summed E-state index contributed by atoms with van der Waals surface area (Å²) in [5, 5.41) is 6.14. The summed E-state index contributed by atoms with van der Waals surface area (Å²) in [5.74, 6) is 0. The van der Waals surface area contributed by atoms with Crippen LogP contribution >= 0.6 is 26.9 Å². The van der Waals surface area contributed by atoms with Crippen molar-refractivity contribution < 1.29 is 5.48 Å². The van der Waals surface area contributed by atoms with E-state index in [4.69, 9.17) is 5.16 Å². The van der Waals surface area contributed by atoms with Gasteiger partial charge in [0, 0.05) is 8.06 Å². The molecule has 0 amide bonds. The summed E-state index contributed by atoms with van der Waals surface area (Å²) < 4.78 is 0. The predicted molar refractivity (Wildman–Crippen MR) is 47.5 cm³/mol. The van der Waals surface area contributed by atoms with Gasteiger partial charge < -0.3 is 5.48 Å². The van der Waals surface area contributed by atoms with Gasteiger partial charge in [-0.2, -0.15) is 9.90 Å². The highest BCUT2D eigenvalue weighted by Crippen LogP contribution is 2.00. The molecule has 0 aliphatic rings. The molecule has 0 saturated heterocycles. The Bertz CT molecular complexity index is 20.4. The zero-order chi connectivity index (χ0) is 2.71. The lowest BCUT2D eigenvalue weighted by atomic mass is 12.0. The Morgan fingerprint density at radius 3 is 1.29 bits per heavy atom. The second-order valence-electron chi connectivity index (χ2n) is 0.129. The van der Waals surface area contributed by atoms with Crippen molar-refractivity contribution in [2.45, 2.75) is 14.9 Å². The molecule has 0 aromatic rings. The smallest absolute Gasteiger partial charge is 0.0190 e. The summed E-state index contributed by atoms with van der Waals surface area (Å²) in [6.07, 6.45) is 0. The van der Waals surface area contributed by atoms with Gasteiger partial charge in [0.2, 0.25) is 0 Å². The summed E-state index contributed by atoms with van der Waals surface area (Å²) in [4.78, 5) is 0. The Hall–Kier alpha value is 0.920. The molecule has 7 heavy (non-hydrogen) atoms. The first-order valence-electron chi connectivity index (χ1n) is 0.482. The molecule has 0 aromatic heterocycles. The van der Waals surface area contributed by atoms with Gasteiger partial charge in [0.15, 0.2) is 0 Å². The average molecular weight is 163 g/mol. The van der Waals surface area contributed by atoms with Gasteiger partial charge in [0.1, 0.15) is 0 Å². The van der Waals surface area contributed by atoms with Crippen LogP contribution in [0.4, 0.5) is 0 Å².